The molecular formula is C26H23N9S. The second-order valence-electron chi connectivity index (χ2n) is 8.11. The molecule has 9 nitrogen and oxygen atoms in total. The summed E-state index contributed by atoms with van der Waals surface area (Å²) in [4.78, 5) is 11.3. The van der Waals surface area contributed by atoms with E-state index in [1.807, 2.05) is 61.5 Å². The summed E-state index contributed by atoms with van der Waals surface area (Å²) < 4.78 is 3.95. The Morgan fingerprint density at radius 3 is 2.47 bits per heavy atom. The number of benzene rings is 2. The first kappa shape index (κ1) is 24.3. The fourth-order valence-corrected chi connectivity index (χ4v) is 4.13. The van der Waals surface area contributed by atoms with E-state index in [2.05, 4.69) is 31.3 Å². The van der Waals surface area contributed by atoms with Crippen LogP contribution >= 0.6 is 11.5 Å². The van der Waals surface area contributed by atoms with Crippen molar-refractivity contribution in [2.24, 2.45) is 0 Å². The van der Waals surface area contributed by atoms with Crippen LogP contribution in [0.15, 0.2) is 54.1 Å². The number of nitrogens with zero attached hydrogens (tertiary/aromatic N) is 7. The van der Waals surface area contributed by atoms with Crippen molar-refractivity contribution < 1.29 is 0 Å². The number of anilines is 5. The number of allylic oxidation sites excluding steroid dienone is 1. The molecule has 0 aliphatic rings. The molecule has 0 spiro atoms. The van der Waals surface area contributed by atoms with Crippen LogP contribution in [-0.2, 0) is 6.54 Å². The van der Waals surface area contributed by atoms with Crippen LogP contribution in [-0.4, -0.2) is 26.6 Å². The summed E-state index contributed by atoms with van der Waals surface area (Å²) in [6.07, 6.45) is 5.01. The summed E-state index contributed by atoms with van der Waals surface area (Å²) in [5.74, 6) is 1.04. The van der Waals surface area contributed by atoms with E-state index in [1.54, 1.807) is 24.4 Å². The Morgan fingerprint density at radius 2 is 1.83 bits per heavy atom. The summed E-state index contributed by atoms with van der Waals surface area (Å²) in [5, 5.41) is 30.7. The van der Waals surface area contributed by atoms with Crippen LogP contribution in [0.3, 0.4) is 0 Å². The molecule has 178 valence electrons. The molecule has 4 rings (SSSR count). The largest absolute Gasteiger partial charge is 0.364 e. The third-order valence-electron chi connectivity index (χ3n) is 5.40. The lowest BCUT2D eigenvalue weighted by Gasteiger charge is -2.23. The average molecular weight is 494 g/mol. The van der Waals surface area contributed by atoms with Gasteiger partial charge in [0, 0.05) is 29.9 Å². The molecule has 0 fully saturated rings. The molecule has 2 heterocycles. The minimum atomic E-state index is 0.415. The standard InChI is InChI=1S/C26H23N9S/c1-17-11-20(5-4-10-27)12-18(2)24(17)31-25-23(35(3)15-22-16-36-34-33-22)14-29-26(32-25)30-21-8-6-19(13-28)7-9-21/h4-9,11-12,14,16H,15H2,1-3H3,(H2,29,30,31,32)/b5-4+. The molecule has 0 amide bonds. The second-order valence-corrected chi connectivity index (χ2v) is 8.72. The molecule has 0 radical (unpaired) electrons. The Morgan fingerprint density at radius 1 is 1.08 bits per heavy atom. The Hall–Kier alpha value is -4.80. The van der Waals surface area contributed by atoms with Crippen molar-refractivity contribution in [1.29, 1.82) is 10.5 Å². The van der Waals surface area contributed by atoms with Crippen LogP contribution in [0.5, 0.6) is 0 Å². The van der Waals surface area contributed by atoms with Crippen molar-refractivity contribution in [3.8, 4) is 12.1 Å². The maximum Gasteiger partial charge on any atom is 0.229 e. The van der Waals surface area contributed by atoms with Crippen LogP contribution < -0.4 is 15.5 Å². The molecule has 0 aliphatic heterocycles. The lowest BCUT2D eigenvalue weighted by molar-refractivity contribution is 0.866. The number of aromatic nitrogens is 4. The van der Waals surface area contributed by atoms with Crippen molar-refractivity contribution in [1.82, 2.24) is 19.6 Å². The maximum absolute atomic E-state index is 9.04. The monoisotopic (exact) mass is 493 g/mol. The van der Waals surface area contributed by atoms with Crippen LogP contribution in [0, 0.1) is 36.5 Å². The molecule has 0 bridgehead atoms. The molecule has 0 saturated carbocycles. The van der Waals surface area contributed by atoms with Gasteiger partial charge in [-0.15, -0.1) is 5.10 Å². The minimum absolute atomic E-state index is 0.415. The van der Waals surface area contributed by atoms with Gasteiger partial charge in [-0.1, -0.05) is 4.49 Å². The fourth-order valence-electron chi connectivity index (χ4n) is 3.69. The smallest absolute Gasteiger partial charge is 0.229 e. The van der Waals surface area contributed by atoms with Gasteiger partial charge in [0.15, 0.2) is 5.82 Å². The second kappa shape index (κ2) is 11.1. The van der Waals surface area contributed by atoms with E-state index in [-0.39, 0.29) is 0 Å². The Labute approximate surface area is 213 Å². The third-order valence-corrected chi connectivity index (χ3v) is 5.96. The van der Waals surface area contributed by atoms with Gasteiger partial charge in [-0.05, 0) is 84.5 Å². The highest BCUT2D eigenvalue weighted by Crippen LogP contribution is 2.32. The van der Waals surface area contributed by atoms with Crippen molar-refractivity contribution in [3.05, 3.63) is 82.0 Å². The fraction of sp³-hybridized carbons (Fsp3) is 0.154. The lowest BCUT2D eigenvalue weighted by Crippen LogP contribution is -2.19. The van der Waals surface area contributed by atoms with E-state index in [0.717, 1.165) is 39.4 Å². The summed E-state index contributed by atoms with van der Waals surface area (Å²) in [5.41, 5.74) is 6.92. The molecule has 2 aromatic heterocycles. The van der Waals surface area contributed by atoms with Gasteiger partial charge in [-0.25, -0.2) is 4.98 Å². The van der Waals surface area contributed by atoms with Crippen LogP contribution in [0.2, 0.25) is 0 Å². The normalized spacial score (nSPS) is 10.6. The number of nitriles is 2. The number of aryl methyl sites for hydroxylation is 2. The Kier molecular flexibility index (Phi) is 7.49. The van der Waals surface area contributed by atoms with E-state index >= 15 is 0 Å². The molecule has 10 heteroatoms. The summed E-state index contributed by atoms with van der Waals surface area (Å²) in [6.45, 7) is 4.58. The molecule has 36 heavy (non-hydrogen) atoms. The highest BCUT2D eigenvalue weighted by molar-refractivity contribution is 7.03. The zero-order valence-corrected chi connectivity index (χ0v) is 20.8. The van der Waals surface area contributed by atoms with Gasteiger partial charge in [0.25, 0.3) is 0 Å². The van der Waals surface area contributed by atoms with E-state index in [0.29, 0.717) is 23.9 Å². The van der Waals surface area contributed by atoms with E-state index in [9.17, 15) is 0 Å². The first-order chi connectivity index (χ1) is 17.5. The summed E-state index contributed by atoms with van der Waals surface area (Å²) in [7, 11) is 1.95. The van der Waals surface area contributed by atoms with E-state index < -0.39 is 0 Å². The summed E-state index contributed by atoms with van der Waals surface area (Å²) in [6, 6.07) is 15.3. The first-order valence-electron chi connectivity index (χ1n) is 11.0. The van der Waals surface area contributed by atoms with Crippen molar-refractivity contribution in [3.63, 3.8) is 0 Å². The third kappa shape index (κ3) is 5.81. The van der Waals surface area contributed by atoms with Gasteiger partial charge < -0.3 is 15.5 Å². The minimum Gasteiger partial charge on any atom is -0.364 e. The highest BCUT2D eigenvalue weighted by atomic mass is 32.1. The Balaban J connectivity index is 1.69. The molecular weight excluding hydrogens is 470 g/mol. The Bertz CT molecular complexity index is 1440. The zero-order valence-electron chi connectivity index (χ0n) is 20.0. The van der Waals surface area contributed by atoms with Gasteiger partial charge in [0.05, 0.1) is 41.8 Å². The zero-order chi connectivity index (χ0) is 25.5. The van der Waals surface area contributed by atoms with Crippen molar-refractivity contribution in [2.45, 2.75) is 20.4 Å². The van der Waals surface area contributed by atoms with Gasteiger partial charge in [-0.3, -0.25) is 0 Å². The molecule has 0 aliphatic carbocycles. The molecule has 4 aromatic rings. The molecule has 0 saturated heterocycles. The number of rotatable bonds is 8. The number of hydrogen-bond donors (Lipinski definition) is 2. The summed E-state index contributed by atoms with van der Waals surface area (Å²) >= 11 is 1.31. The van der Waals surface area contributed by atoms with Crippen molar-refractivity contribution >= 4 is 46.4 Å². The van der Waals surface area contributed by atoms with E-state index in [4.69, 9.17) is 15.5 Å². The number of nitrogens with one attached hydrogen (secondary N) is 2. The maximum atomic E-state index is 9.04. The lowest BCUT2D eigenvalue weighted by atomic mass is 10.0. The van der Waals surface area contributed by atoms with Gasteiger partial charge in [0.2, 0.25) is 5.95 Å². The topological polar surface area (TPSA) is 126 Å². The van der Waals surface area contributed by atoms with Crippen molar-refractivity contribution in [2.75, 3.05) is 22.6 Å². The van der Waals surface area contributed by atoms with Gasteiger partial charge in [0.1, 0.15) is 0 Å². The van der Waals surface area contributed by atoms with Gasteiger partial charge in [-0.2, -0.15) is 15.5 Å². The quantitative estimate of drug-likeness (QED) is 0.307. The number of hydrogen-bond acceptors (Lipinski definition) is 10. The highest BCUT2D eigenvalue weighted by Gasteiger charge is 2.16. The van der Waals surface area contributed by atoms with E-state index in [1.165, 1.54) is 17.6 Å². The van der Waals surface area contributed by atoms with Gasteiger partial charge >= 0.3 is 0 Å². The molecule has 0 atom stereocenters. The van der Waals surface area contributed by atoms with Crippen LogP contribution in [0.4, 0.5) is 28.8 Å². The first-order valence-corrected chi connectivity index (χ1v) is 11.9. The molecule has 2 N–H and O–H groups in total. The SMILES string of the molecule is Cc1cc(/C=C/C#N)cc(C)c1Nc1nc(Nc2ccc(C#N)cc2)ncc1N(C)Cc1csnn1. The molecule has 2 aromatic carbocycles. The predicted octanol–water partition coefficient (Wildman–Crippen LogP) is 5.48. The van der Waals surface area contributed by atoms with Crippen LogP contribution in [0.25, 0.3) is 6.08 Å². The van der Waals surface area contributed by atoms with Crippen LogP contribution in [0.1, 0.15) is 27.9 Å². The average Bonchev–Trinajstić information content (AvgIpc) is 3.38. The molecule has 0 unspecified atom stereocenters. The predicted molar refractivity (Wildman–Crippen MR) is 142 cm³/mol.